The van der Waals surface area contributed by atoms with E-state index < -0.39 is 16.1 Å². The topological polar surface area (TPSA) is 93.9 Å². The van der Waals surface area contributed by atoms with E-state index >= 15 is 0 Å². The van der Waals surface area contributed by atoms with E-state index in [0.29, 0.717) is 44.0 Å². The summed E-state index contributed by atoms with van der Waals surface area (Å²) < 4.78 is 33.3. The number of benzene rings is 2. The molecule has 0 amide bonds. The first-order valence-corrected chi connectivity index (χ1v) is 11.4. The second-order valence-electron chi connectivity index (χ2n) is 6.76. The van der Waals surface area contributed by atoms with Crippen LogP contribution < -0.4 is 4.74 Å². The molecule has 3 rings (SSSR count). The van der Waals surface area contributed by atoms with Gasteiger partial charge in [0.25, 0.3) is 0 Å². The maximum absolute atomic E-state index is 12.8. The zero-order chi connectivity index (χ0) is 20.9. The molecule has 1 aliphatic rings. The van der Waals surface area contributed by atoms with Crippen LogP contribution in [0, 0.1) is 11.3 Å². The monoisotopic (exact) mass is 479 g/mol. The number of nitrogens with zero attached hydrogens (tertiary/aromatic N) is 3. The van der Waals surface area contributed by atoms with Crippen LogP contribution in [0.2, 0.25) is 0 Å². The van der Waals surface area contributed by atoms with Crippen molar-refractivity contribution in [1.82, 2.24) is 9.21 Å². The Bertz CT molecular complexity index is 968. The number of β-amino-alcohol motifs (C(OH)–C–C–N with tert-alkyl or cyclic N) is 1. The van der Waals surface area contributed by atoms with Crippen LogP contribution in [0.1, 0.15) is 5.56 Å². The summed E-state index contributed by atoms with van der Waals surface area (Å²) in [6.45, 7) is 2.36. The van der Waals surface area contributed by atoms with Crippen molar-refractivity contribution in [2.75, 3.05) is 39.3 Å². The van der Waals surface area contributed by atoms with Gasteiger partial charge in [-0.1, -0.05) is 22.0 Å². The molecule has 0 aliphatic carbocycles. The van der Waals surface area contributed by atoms with Crippen LogP contribution in [0.3, 0.4) is 0 Å². The molecule has 1 unspecified atom stereocenters. The highest BCUT2D eigenvalue weighted by Gasteiger charge is 2.29. The van der Waals surface area contributed by atoms with Crippen LogP contribution >= 0.6 is 15.9 Å². The minimum Gasteiger partial charge on any atom is -0.491 e. The summed E-state index contributed by atoms with van der Waals surface area (Å²) in [5.41, 5.74) is 0.550. The van der Waals surface area contributed by atoms with Crippen molar-refractivity contribution in [3.05, 3.63) is 58.6 Å². The fourth-order valence-corrected chi connectivity index (χ4v) is 5.12. The number of hydrogen-bond acceptors (Lipinski definition) is 6. The highest BCUT2D eigenvalue weighted by molar-refractivity contribution is 9.10. The number of halogens is 1. The third kappa shape index (κ3) is 5.78. The quantitative estimate of drug-likeness (QED) is 0.652. The van der Waals surface area contributed by atoms with Gasteiger partial charge in [0.15, 0.2) is 0 Å². The minimum absolute atomic E-state index is 0.127. The first kappa shape index (κ1) is 21.7. The highest BCUT2D eigenvalue weighted by Crippen LogP contribution is 2.21. The Morgan fingerprint density at radius 1 is 1.14 bits per heavy atom. The van der Waals surface area contributed by atoms with Crippen molar-refractivity contribution >= 4 is 26.0 Å². The summed E-state index contributed by atoms with van der Waals surface area (Å²) in [4.78, 5) is 2.30. The van der Waals surface area contributed by atoms with Gasteiger partial charge >= 0.3 is 0 Å². The normalized spacial score (nSPS) is 16.9. The first-order chi connectivity index (χ1) is 13.9. The summed E-state index contributed by atoms with van der Waals surface area (Å²) in [6.07, 6.45) is -0.695. The van der Waals surface area contributed by atoms with Gasteiger partial charge in [-0.25, -0.2) is 8.42 Å². The van der Waals surface area contributed by atoms with E-state index in [1.807, 2.05) is 11.0 Å². The van der Waals surface area contributed by atoms with Crippen LogP contribution in [0.5, 0.6) is 5.75 Å². The fraction of sp³-hybridized carbons (Fsp3) is 0.350. The Morgan fingerprint density at radius 3 is 2.45 bits per heavy atom. The van der Waals surface area contributed by atoms with Gasteiger partial charge < -0.3 is 9.84 Å². The maximum Gasteiger partial charge on any atom is 0.243 e. The molecule has 29 heavy (non-hydrogen) atoms. The maximum atomic E-state index is 12.8. The van der Waals surface area contributed by atoms with Crippen molar-refractivity contribution in [3.8, 4) is 11.8 Å². The Balaban J connectivity index is 1.47. The molecule has 1 N–H and O–H groups in total. The standard InChI is InChI=1S/C20H22BrN3O4S/c21-17-2-1-3-20(12-17)29(26,27)24-10-8-23(9-11-24)14-18(25)15-28-19-6-4-16(13-22)5-7-19/h1-7,12,18,25H,8-11,14-15H2. The molecule has 1 aliphatic heterocycles. The molecule has 0 aromatic heterocycles. The molecule has 1 fully saturated rings. The van der Waals surface area contributed by atoms with Crippen molar-refractivity contribution in [2.24, 2.45) is 0 Å². The molecule has 0 bridgehead atoms. The van der Waals surface area contributed by atoms with Crippen LogP contribution in [0.15, 0.2) is 57.9 Å². The van der Waals surface area contributed by atoms with Gasteiger partial charge in [0.05, 0.1) is 16.5 Å². The van der Waals surface area contributed by atoms with Crippen LogP contribution in [-0.2, 0) is 10.0 Å². The smallest absolute Gasteiger partial charge is 0.243 e. The molecule has 0 saturated carbocycles. The zero-order valence-electron chi connectivity index (χ0n) is 15.7. The molecule has 7 nitrogen and oxygen atoms in total. The van der Waals surface area contributed by atoms with Crippen LogP contribution in [0.4, 0.5) is 0 Å². The van der Waals surface area contributed by atoms with Gasteiger partial charge in [-0.3, -0.25) is 4.90 Å². The van der Waals surface area contributed by atoms with Gasteiger partial charge in [0, 0.05) is 37.2 Å². The summed E-state index contributed by atoms with van der Waals surface area (Å²) >= 11 is 3.31. The second kappa shape index (κ2) is 9.69. The number of ether oxygens (including phenoxy) is 1. The van der Waals surface area contributed by atoms with Gasteiger partial charge in [-0.2, -0.15) is 9.57 Å². The lowest BCUT2D eigenvalue weighted by Gasteiger charge is -2.34. The molecular weight excluding hydrogens is 458 g/mol. The first-order valence-electron chi connectivity index (χ1n) is 9.17. The van der Waals surface area contributed by atoms with Gasteiger partial charge in [-0.15, -0.1) is 0 Å². The second-order valence-corrected chi connectivity index (χ2v) is 9.62. The Kier molecular flexibility index (Phi) is 7.27. The van der Waals surface area contributed by atoms with Gasteiger partial charge in [0.1, 0.15) is 18.5 Å². The van der Waals surface area contributed by atoms with Crippen molar-refractivity contribution < 1.29 is 18.3 Å². The Morgan fingerprint density at radius 2 is 1.83 bits per heavy atom. The third-order valence-electron chi connectivity index (χ3n) is 4.66. The van der Waals surface area contributed by atoms with Crippen LogP contribution in [-0.4, -0.2) is 68.2 Å². The number of nitriles is 1. The Hall–Kier alpha value is -1.96. The number of aliphatic hydroxyl groups excluding tert-OH is 1. The van der Waals surface area contributed by atoms with Crippen molar-refractivity contribution in [1.29, 1.82) is 5.26 Å². The van der Waals surface area contributed by atoms with E-state index in [1.54, 1.807) is 48.5 Å². The summed E-state index contributed by atoms with van der Waals surface area (Å²) in [7, 11) is -3.52. The number of rotatable bonds is 7. The molecule has 2 aromatic rings. The number of sulfonamides is 1. The Labute approximate surface area is 179 Å². The number of piperazine rings is 1. The average molecular weight is 480 g/mol. The van der Waals surface area contributed by atoms with Crippen molar-refractivity contribution in [2.45, 2.75) is 11.0 Å². The molecule has 9 heteroatoms. The lowest BCUT2D eigenvalue weighted by Crippen LogP contribution is -2.50. The SMILES string of the molecule is N#Cc1ccc(OCC(O)CN2CCN(S(=O)(=O)c3cccc(Br)c3)CC2)cc1. The molecule has 0 radical (unpaired) electrons. The highest BCUT2D eigenvalue weighted by atomic mass is 79.9. The lowest BCUT2D eigenvalue weighted by molar-refractivity contribution is 0.0569. The summed E-state index contributed by atoms with van der Waals surface area (Å²) in [5.74, 6) is 0.591. The molecular formula is C20H22BrN3O4S. The van der Waals surface area contributed by atoms with E-state index in [4.69, 9.17) is 10.00 Å². The zero-order valence-corrected chi connectivity index (χ0v) is 18.1. The number of aliphatic hydroxyl groups is 1. The molecule has 0 spiro atoms. The predicted octanol–water partition coefficient (Wildman–Crippen LogP) is 2.07. The average Bonchev–Trinajstić information content (AvgIpc) is 2.73. The van der Waals surface area contributed by atoms with E-state index in [0.717, 1.165) is 4.47 Å². The summed E-state index contributed by atoms with van der Waals surface area (Å²) in [5, 5.41) is 19.0. The largest absolute Gasteiger partial charge is 0.491 e. The fourth-order valence-electron chi connectivity index (χ4n) is 3.10. The molecule has 1 atom stereocenters. The molecule has 1 saturated heterocycles. The van der Waals surface area contributed by atoms with E-state index in [9.17, 15) is 13.5 Å². The molecule has 1 heterocycles. The van der Waals surface area contributed by atoms with Crippen LogP contribution in [0.25, 0.3) is 0 Å². The van der Waals surface area contributed by atoms with Crippen molar-refractivity contribution in [3.63, 3.8) is 0 Å². The predicted molar refractivity (Wildman–Crippen MR) is 112 cm³/mol. The summed E-state index contributed by atoms with van der Waals surface area (Å²) in [6, 6.07) is 15.4. The minimum atomic E-state index is -3.52. The molecule has 154 valence electrons. The van der Waals surface area contributed by atoms with E-state index in [2.05, 4.69) is 15.9 Å². The van der Waals surface area contributed by atoms with E-state index in [1.165, 1.54) is 4.31 Å². The van der Waals surface area contributed by atoms with Gasteiger partial charge in [-0.05, 0) is 42.5 Å². The van der Waals surface area contributed by atoms with E-state index in [-0.39, 0.29) is 11.5 Å². The molecule has 2 aromatic carbocycles. The third-order valence-corrected chi connectivity index (χ3v) is 7.05. The number of hydrogen-bond donors (Lipinski definition) is 1. The lowest BCUT2D eigenvalue weighted by atomic mass is 10.2. The van der Waals surface area contributed by atoms with Gasteiger partial charge in [0.2, 0.25) is 10.0 Å².